The van der Waals surface area contributed by atoms with Crippen molar-refractivity contribution in [3.8, 4) is 5.75 Å². The number of aromatic nitrogens is 2. The van der Waals surface area contributed by atoms with Crippen LogP contribution >= 0.6 is 32.9 Å². The van der Waals surface area contributed by atoms with Crippen molar-refractivity contribution in [3.05, 3.63) is 70.3 Å². The van der Waals surface area contributed by atoms with Gasteiger partial charge in [0.05, 0.1) is 6.04 Å². The van der Waals surface area contributed by atoms with Crippen molar-refractivity contribution >= 4 is 74.5 Å². The number of aromatic hydroxyl groups is 1. The van der Waals surface area contributed by atoms with Crippen LogP contribution in [0.4, 0.5) is 0 Å². The molecule has 1 aromatic carbocycles. The number of phenols is 1. The highest BCUT2D eigenvalue weighted by molar-refractivity contribution is 8.76. The van der Waals surface area contributed by atoms with Gasteiger partial charge >= 0.3 is 17.9 Å². The lowest BCUT2D eigenvalue weighted by Crippen LogP contribution is -2.59. The normalized spacial score (nSPS) is 16.3. The third kappa shape index (κ3) is 19.6. The van der Waals surface area contributed by atoms with Gasteiger partial charge in [-0.05, 0) is 98.2 Å². The highest BCUT2D eigenvalue weighted by Crippen LogP contribution is 2.32. The van der Waals surface area contributed by atoms with Gasteiger partial charge in [-0.2, -0.15) is 0 Å². The van der Waals surface area contributed by atoms with E-state index in [1.165, 1.54) is 50.9 Å². The molecule has 0 aliphatic carbocycles. The van der Waals surface area contributed by atoms with Crippen molar-refractivity contribution < 1.29 is 52.9 Å². The summed E-state index contributed by atoms with van der Waals surface area (Å²) in [5.41, 5.74) is 0.798. The first kappa shape index (κ1) is 59.3. The van der Waals surface area contributed by atoms with Crippen LogP contribution in [0.3, 0.4) is 0 Å². The van der Waals surface area contributed by atoms with Crippen LogP contribution in [0.5, 0.6) is 5.75 Å². The molecule has 1 unspecified atom stereocenters. The van der Waals surface area contributed by atoms with Crippen molar-refractivity contribution in [3.63, 3.8) is 0 Å². The van der Waals surface area contributed by atoms with Crippen molar-refractivity contribution in [1.82, 2.24) is 35.7 Å². The van der Waals surface area contributed by atoms with Crippen molar-refractivity contribution in [2.24, 2.45) is 17.8 Å². The topological polar surface area (TPSA) is 236 Å². The van der Waals surface area contributed by atoms with Crippen LogP contribution in [-0.2, 0) is 49.4 Å². The molecule has 2 aromatic heterocycles. The SMILES string of the molecule is CCCC(=O)OCN(C(=O)[C@@H](NC(=O)[C@H]1CCCCN1C)C(C)CC)[C@H](C[C@H](OC(C)=O)c1nc(C(=O)N[C@@H](Cc2ccc(O)cc2)C[C@H](C)C(=O)NCC(=O)OCCSSc2ccccn2)cs1)C(C)C. The molecule has 7 atom stereocenters. The van der Waals surface area contributed by atoms with Gasteiger partial charge in [-0.25, -0.2) is 9.97 Å². The first-order valence-corrected chi connectivity index (χ1v) is 27.9. The second kappa shape index (κ2) is 30.7. The standard InChI is InChI=1S/C51H73N7O11S3/c1-9-15-44(61)68-31-58(51(66)46(33(5)10-2)56-49(65)40-16-12-14-23-57(40)8)41(32(3)4)28-42(69-35(7)59)50-55-39(30-70-50)48(64)54-37(27-36-18-20-38(60)21-19-36)26-34(6)47(63)53-29-45(62)67-24-25-71-72-43-17-11-13-22-52-43/h11,13,17-22,30,32-34,37,40-42,46,60H,9-10,12,14-16,23-29,31H2,1-8H3,(H,53,63)(H,54,64)(H,56,65)/t33?,34-,37+,40+,41+,42-,46-/m0/s1. The van der Waals surface area contributed by atoms with Gasteiger partial charge in [0.25, 0.3) is 5.91 Å². The Balaban J connectivity index is 1.51. The van der Waals surface area contributed by atoms with Gasteiger partial charge < -0.3 is 40.2 Å². The van der Waals surface area contributed by atoms with E-state index in [4.69, 9.17) is 14.2 Å². The molecular weight excluding hydrogens is 983 g/mol. The average Bonchev–Trinajstić information content (AvgIpc) is 3.85. The fourth-order valence-corrected chi connectivity index (χ4v) is 10.7. The van der Waals surface area contributed by atoms with Gasteiger partial charge in [0.15, 0.2) is 12.8 Å². The van der Waals surface area contributed by atoms with Gasteiger partial charge in [0.2, 0.25) is 17.7 Å². The molecule has 1 aliphatic rings. The first-order chi connectivity index (χ1) is 34.4. The minimum Gasteiger partial charge on any atom is -0.508 e. The molecule has 3 heterocycles. The highest BCUT2D eigenvalue weighted by atomic mass is 33.1. The summed E-state index contributed by atoms with van der Waals surface area (Å²) in [6, 6.07) is 9.42. The number of benzene rings is 1. The molecule has 1 saturated heterocycles. The molecule has 1 aliphatic heterocycles. The van der Waals surface area contributed by atoms with Crippen molar-refractivity contribution in [2.75, 3.05) is 39.2 Å². The predicted molar refractivity (Wildman–Crippen MR) is 278 cm³/mol. The lowest BCUT2D eigenvalue weighted by atomic mass is 9.92. The molecular formula is C51H73N7O11S3. The van der Waals surface area contributed by atoms with Crippen LogP contribution in [0.25, 0.3) is 0 Å². The van der Waals surface area contributed by atoms with Gasteiger partial charge in [-0.15, -0.1) is 11.3 Å². The molecule has 0 spiro atoms. The van der Waals surface area contributed by atoms with E-state index in [9.17, 15) is 38.7 Å². The molecule has 1 fully saturated rings. The van der Waals surface area contributed by atoms with Gasteiger partial charge in [0.1, 0.15) is 40.7 Å². The highest BCUT2D eigenvalue weighted by Gasteiger charge is 2.39. The Morgan fingerprint density at radius 2 is 1.71 bits per heavy atom. The molecule has 0 saturated carbocycles. The summed E-state index contributed by atoms with van der Waals surface area (Å²) in [4.78, 5) is 106. The van der Waals surface area contributed by atoms with E-state index < -0.39 is 78.5 Å². The molecule has 0 bridgehead atoms. The molecule has 4 amide bonds. The fourth-order valence-electron chi connectivity index (χ4n) is 8.15. The quantitative estimate of drug-likeness (QED) is 0.0182. The van der Waals surface area contributed by atoms with E-state index >= 15 is 0 Å². The minimum absolute atomic E-state index is 0.0169. The number of pyridine rings is 1. The Kier molecular flexibility index (Phi) is 25.3. The average molecular weight is 1060 g/mol. The Bertz CT molecular complexity index is 2220. The molecule has 0 radical (unpaired) electrons. The van der Waals surface area contributed by atoms with Crippen LogP contribution in [0.2, 0.25) is 0 Å². The second-order valence-electron chi connectivity index (χ2n) is 18.5. The Hall–Kier alpha value is -5.25. The maximum atomic E-state index is 14.9. The maximum absolute atomic E-state index is 14.9. The van der Waals surface area contributed by atoms with Crippen LogP contribution in [0, 0.1) is 17.8 Å². The molecule has 72 heavy (non-hydrogen) atoms. The minimum atomic E-state index is -1.04. The number of carbonyl (C=O) groups is 7. The largest absolute Gasteiger partial charge is 0.508 e. The van der Waals surface area contributed by atoms with Crippen LogP contribution < -0.4 is 16.0 Å². The third-order valence-electron chi connectivity index (χ3n) is 12.4. The summed E-state index contributed by atoms with van der Waals surface area (Å²) in [5, 5.41) is 21.3. The summed E-state index contributed by atoms with van der Waals surface area (Å²) in [6.45, 7) is 12.6. The van der Waals surface area contributed by atoms with Gasteiger partial charge in [-0.3, -0.25) is 38.5 Å². The smallest absolute Gasteiger partial charge is 0.325 e. The van der Waals surface area contributed by atoms with E-state index in [0.29, 0.717) is 25.0 Å². The number of hydrogen-bond donors (Lipinski definition) is 4. The maximum Gasteiger partial charge on any atom is 0.325 e. The van der Waals surface area contributed by atoms with E-state index in [2.05, 4.69) is 25.9 Å². The number of likely N-dealkylation sites (N-methyl/N-ethyl adjacent to an activating group) is 1. The van der Waals surface area contributed by atoms with Crippen molar-refractivity contribution in [2.45, 2.75) is 142 Å². The molecule has 4 N–H and O–H groups in total. The molecule has 396 valence electrons. The third-order valence-corrected chi connectivity index (χ3v) is 15.5. The second-order valence-corrected chi connectivity index (χ2v) is 21.8. The molecule has 4 rings (SSSR count). The lowest BCUT2D eigenvalue weighted by Gasteiger charge is -2.39. The Morgan fingerprint density at radius 3 is 2.36 bits per heavy atom. The lowest BCUT2D eigenvalue weighted by molar-refractivity contribution is -0.160. The summed E-state index contributed by atoms with van der Waals surface area (Å²) >= 11 is 1.09. The number of esters is 3. The summed E-state index contributed by atoms with van der Waals surface area (Å²) in [7, 11) is 4.86. The zero-order chi connectivity index (χ0) is 52.7. The zero-order valence-corrected chi connectivity index (χ0v) is 45.2. The fraction of sp³-hybridized carbons (Fsp3) is 0.588. The zero-order valence-electron chi connectivity index (χ0n) is 42.8. The number of hydrogen-bond acceptors (Lipinski definition) is 17. The summed E-state index contributed by atoms with van der Waals surface area (Å²) < 4.78 is 16.9. The number of likely N-dealkylation sites (tertiary alicyclic amines) is 1. The Labute approximate surface area is 435 Å². The Morgan fingerprint density at radius 1 is 0.958 bits per heavy atom. The van der Waals surface area contributed by atoms with Gasteiger partial charge in [-0.1, -0.05) is 83.4 Å². The van der Waals surface area contributed by atoms with Crippen LogP contribution in [-0.4, -0.2) is 130 Å². The van der Waals surface area contributed by atoms with Gasteiger partial charge in [0, 0.05) is 55.1 Å². The summed E-state index contributed by atoms with van der Waals surface area (Å²) in [5.74, 6) is -4.01. The van der Waals surface area contributed by atoms with Crippen LogP contribution in [0.15, 0.2) is 59.1 Å². The number of carbonyl (C=O) groups excluding carboxylic acids is 7. The number of piperidine rings is 1. The number of thiazole rings is 1. The molecule has 3 aromatic rings. The number of amides is 4. The number of nitrogens with one attached hydrogen (secondary N) is 3. The first-order valence-electron chi connectivity index (χ1n) is 24.7. The predicted octanol–water partition coefficient (Wildman–Crippen LogP) is 6.87. The van der Waals surface area contributed by atoms with Crippen LogP contribution in [0.1, 0.15) is 127 Å². The molecule has 21 heteroatoms. The monoisotopic (exact) mass is 1060 g/mol. The summed E-state index contributed by atoms with van der Waals surface area (Å²) in [6.07, 6.45) is 4.91. The number of nitrogens with zero attached hydrogens (tertiary/aromatic N) is 4. The van der Waals surface area contributed by atoms with E-state index in [-0.39, 0.29) is 73.0 Å². The number of rotatable bonds is 29. The number of phenolic OH excluding ortho intramolecular Hbond substituents is 1. The van der Waals surface area contributed by atoms with E-state index in [1.807, 2.05) is 64.8 Å². The van der Waals surface area contributed by atoms with Crippen molar-refractivity contribution in [1.29, 1.82) is 0 Å². The van der Waals surface area contributed by atoms with E-state index in [1.54, 1.807) is 25.3 Å². The number of ether oxygens (including phenoxy) is 3. The van der Waals surface area contributed by atoms with E-state index in [0.717, 1.165) is 41.3 Å². The molecule has 18 nitrogen and oxygen atoms in total.